The monoisotopic (exact) mass is 349 g/mol. The molecule has 6 nitrogen and oxygen atoms in total. The first-order chi connectivity index (χ1) is 12.6. The maximum atomic E-state index is 11.3. The molecule has 1 aromatic carbocycles. The standard InChI is InChI=1S/C20H19N3O3/c1-2-20(25)22-15-8-17(9-15)26-19-7-14(11-23-12-21-10-18(19)23)13-3-5-16(24)6-4-13/h2-7,10-12,15,17,24H,1,8-9H2,(H,22,25). The zero-order valence-electron chi connectivity index (χ0n) is 14.1. The van der Waals surface area contributed by atoms with Gasteiger partial charge in [-0.25, -0.2) is 4.98 Å². The highest BCUT2D eigenvalue weighted by molar-refractivity contribution is 5.87. The summed E-state index contributed by atoms with van der Waals surface area (Å²) in [7, 11) is 0. The third-order valence-corrected chi connectivity index (χ3v) is 4.60. The molecule has 0 radical (unpaired) electrons. The number of ether oxygens (including phenoxy) is 1. The van der Waals surface area contributed by atoms with E-state index in [0.717, 1.165) is 35.2 Å². The molecule has 0 atom stereocenters. The Hall–Kier alpha value is -3.28. The highest BCUT2D eigenvalue weighted by Gasteiger charge is 2.32. The lowest BCUT2D eigenvalue weighted by atomic mass is 9.89. The number of fused-ring (bicyclic) bond motifs is 1. The van der Waals surface area contributed by atoms with E-state index in [1.165, 1.54) is 6.08 Å². The van der Waals surface area contributed by atoms with E-state index in [1.54, 1.807) is 24.7 Å². The van der Waals surface area contributed by atoms with Crippen LogP contribution in [-0.4, -0.2) is 32.5 Å². The molecule has 4 rings (SSSR count). The van der Waals surface area contributed by atoms with E-state index in [-0.39, 0.29) is 23.8 Å². The van der Waals surface area contributed by atoms with Crippen molar-refractivity contribution in [2.75, 3.05) is 0 Å². The lowest BCUT2D eigenvalue weighted by molar-refractivity contribution is -0.118. The molecular weight excluding hydrogens is 330 g/mol. The van der Waals surface area contributed by atoms with Crippen molar-refractivity contribution in [3.8, 4) is 22.6 Å². The first-order valence-corrected chi connectivity index (χ1v) is 8.47. The highest BCUT2D eigenvalue weighted by Crippen LogP contribution is 2.32. The van der Waals surface area contributed by atoms with Gasteiger partial charge in [0.1, 0.15) is 23.1 Å². The third-order valence-electron chi connectivity index (χ3n) is 4.60. The summed E-state index contributed by atoms with van der Waals surface area (Å²) in [6.45, 7) is 3.46. The second kappa shape index (κ2) is 6.55. The van der Waals surface area contributed by atoms with Gasteiger partial charge in [-0.15, -0.1) is 0 Å². The number of phenols is 1. The lowest BCUT2D eigenvalue weighted by Gasteiger charge is -2.35. The Morgan fingerprint density at radius 1 is 1.31 bits per heavy atom. The van der Waals surface area contributed by atoms with Gasteiger partial charge >= 0.3 is 0 Å². The molecule has 26 heavy (non-hydrogen) atoms. The van der Waals surface area contributed by atoms with Gasteiger partial charge in [0.25, 0.3) is 0 Å². The second-order valence-corrected chi connectivity index (χ2v) is 6.45. The van der Waals surface area contributed by atoms with Crippen molar-refractivity contribution < 1.29 is 14.6 Å². The zero-order chi connectivity index (χ0) is 18.1. The summed E-state index contributed by atoms with van der Waals surface area (Å²) in [5.41, 5.74) is 2.85. The van der Waals surface area contributed by atoms with Crippen molar-refractivity contribution in [2.45, 2.75) is 25.0 Å². The van der Waals surface area contributed by atoms with Gasteiger partial charge in [0, 0.05) is 30.6 Å². The Morgan fingerprint density at radius 2 is 2.08 bits per heavy atom. The number of imidazole rings is 1. The Balaban J connectivity index is 1.55. The van der Waals surface area contributed by atoms with Crippen LogP contribution in [0.3, 0.4) is 0 Å². The van der Waals surface area contributed by atoms with E-state index in [1.807, 2.05) is 28.8 Å². The van der Waals surface area contributed by atoms with Crippen molar-refractivity contribution in [3.05, 3.63) is 61.7 Å². The van der Waals surface area contributed by atoms with Crippen LogP contribution >= 0.6 is 0 Å². The highest BCUT2D eigenvalue weighted by atomic mass is 16.5. The average Bonchev–Trinajstić information content (AvgIpc) is 3.09. The van der Waals surface area contributed by atoms with Crippen LogP contribution in [0, 0.1) is 0 Å². The minimum Gasteiger partial charge on any atom is -0.508 e. The van der Waals surface area contributed by atoms with E-state index in [4.69, 9.17) is 4.74 Å². The molecule has 0 aliphatic heterocycles. The van der Waals surface area contributed by atoms with E-state index in [9.17, 15) is 9.90 Å². The van der Waals surface area contributed by atoms with Crippen LogP contribution in [0.15, 0.2) is 61.7 Å². The first kappa shape index (κ1) is 16.2. The quantitative estimate of drug-likeness (QED) is 0.695. The van der Waals surface area contributed by atoms with E-state index in [0.29, 0.717) is 0 Å². The molecule has 3 aromatic rings. The molecule has 0 spiro atoms. The normalized spacial score (nSPS) is 18.9. The van der Waals surface area contributed by atoms with Crippen molar-refractivity contribution in [1.29, 1.82) is 0 Å². The molecular formula is C20H19N3O3. The van der Waals surface area contributed by atoms with Gasteiger partial charge in [-0.1, -0.05) is 18.7 Å². The van der Waals surface area contributed by atoms with E-state index >= 15 is 0 Å². The van der Waals surface area contributed by atoms with Gasteiger partial charge < -0.3 is 19.6 Å². The van der Waals surface area contributed by atoms with Crippen LogP contribution in [0.5, 0.6) is 11.5 Å². The van der Waals surface area contributed by atoms with Crippen molar-refractivity contribution in [1.82, 2.24) is 14.7 Å². The molecule has 2 heterocycles. The largest absolute Gasteiger partial charge is 0.508 e. The molecule has 132 valence electrons. The molecule has 2 aromatic heterocycles. The van der Waals surface area contributed by atoms with E-state index in [2.05, 4.69) is 16.9 Å². The van der Waals surface area contributed by atoms with Gasteiger partial charge in [0.15, 0.2) is 0 Å². The Labute approximate surface area is 150 Å². The summed E-state index contributed by atoms with van der Waals surface area (Å²) < 4.78 is 8.09. The number of aromatic nitrogens is 2. The number of rotatable bonds is 5. The molecule has 0 saturated heterocycles. The molecule has 0 bridgehead atoms. The van der Waals surface area contributed by atoms with E-state index < -0.39 is 0 Å². The minimum atomic E-state index is -0.152. The van der Waals surface area contributed by atoms with Gasteiger partial charge in [0.2, 0.25) is 5.91 Å². The fourth-order valence-electron chi connectivity index (χ4n) is 3.13. The third kappa shape index (κ3) is 3.13. The topological polar surface area (TPSA) is 75.9 Å². The van der Waals surface area contributed by atoms with Crippen molar-refractivity contribution in [2.24, 2.45) is 0 Å². The van der Waals surface area contributed by atoms with Crippen LogP contribution in [0.25, 0.3) is 16.6 Å². The van der Waals surface area contributed by atoms with Crippen LogP contribution < -0.4 is 10.1 Å². The lowest BCUT2D eigenvalue weighted by Crippen LogP contribution is -2.48. The number of phenolic OH excluding ortho intramolecular Hbond substituents is 1. The summed E-state index contributed by atoms with van der Waals surface area (Å²) in [5, 5.41) is 12.4. The number of aromatic hydroxyl groups is 1. The number of nitrogens with one attached hydrogen (secondary N) is 1. The van der Waals surface area contributed by atoms with Crippen LogP contribution in [0.4, 0.5) is 0 Å². The van der Waals surface area contributed by atoms with Gasteiger partial charge in [-0.05, 0) is 29.8 Å². The maximum Gasteiger partial charge on any atom is 0.243 e. The molecule has 1 saturated carbocycles. The predicted octanol–water partition coefficient (Wildman–Crippen LogP) is 2.92. The molecule has 1 aliphatic carbocycles. The number of amides is 1. The Bertz CT molecular complexity index is 956. The minimum absolute atomic E-state index is 0.0545. The summed E-state index contributed by atoms with van der Waals surface area (Å²) in [6, 6.07) is 9.16. The fourth-order valence-corrected chi connectivity index (χ4v) is 3.13. The zero-order valence-corrected chi connectivity index (χ0v) is 14.1. The SMILES string of the molecule is C=CC(=O)NC1CC(Oc2cc(-c3ccc(O)cc3)cn3cncc23)C1. The first-order valence-electron chi connectivity index (χ1n) is 8.47. The smallest absolute Gasteiger partial charge is 0.243 e. The number of hydrogen-bond donors (Lipinski definition) is 2. The van der Waals surface area contributed by atoms with Crippen LogP contribution in [0.2, 0.25) is 0 Å². The number of benzene rings is 1. The Kier molecular flexibility index (Phi) is 4.08. The molecule has 0 unspecified atom stereocenters. The number of pyridine rings is 1. The molecule has 1 amide bonds. The average molecular weight is 349 g/mol. The Morgan fingerprint density at radius 3 is 2.81 bits per heavy atom. The molecule has 2 N–H and O–H groups in total. The number of hydrogen-bond acceptors (Lipinski definition) is 4. The van der Waals surface area contributed by atoms with Crippen molar-refractivity contribution >= 4 is 11.4 Å². The van der Waals surface area contributed by atoms with Gasteiger partial charge in [0.05, 0.1) is 12.5 Å². The second-order valence-electron chi connectivity index (χ2n) is 6.45. The summed E-state index contributed by atoms with van der Waals surface area (Å²) in [5.74, 6) is 0.837. The molecule has 6 heteroatoms. The summed E-state index contributed by atoms with van der Waals surface area (Å²) in [4.78, 5) is 15.5. The van der Waals surface area contributed by atoms with Gasteiger partial charge in [-0.3, -0.25) is 4.79 Å². The molecule has 1 aliphatic rings. The van der Waals surface area contributed by atoms with Gasteiger partial charge in [-0.2, -0.15) is 0 Å². The van der Waals surface area contributed by atoms with Crippen LogP contribution in [0.1, 0.15) is 12.8 Å². The molecule has 1 fully saturated rings. The number of carbonyl (C=O) groups excluding carboxylic acids is 1. The predicted molar refractivity (Wildman–Crippen MR) is 98.1 cm³/mol. The number of nitrogens with zero attached hydrogens (tertiary/aromatic N) is 2. The summed E-state index contributed by atoms with van der Waals surface area (Å²) in [6.07, 6.45) is 8.36. The summed E-state index contributed by atoms with van der Waals surface area (Å²) >= 11 is 0. The maximum absolute atomic E-state index is 11.3. The number of carbonyl (C=O) groups is 1. The van der Waals surface area contributed by atoms with Crippen LogP contribution in [-0.2, 0) is 4.79 Å². The van der Waals surface area contributed by atoms with Crippen molar-refractivity contribution in [3.63, 3.8) is 0 Å². The fraction of sp³-hybridized carbons (Fsp3) is 0.200.